The van der Waals surface area contributed by atoms with E-state index in [1.807, 2.05) is 0 Å². The van der Waals surface area contributed by atoms with Gasteiger partial charge >= 0.3 is 0 Å². The van der Waals surface area contributed by atoms with Crippen molar-refractivity contribution in [3.8, 4) is 0 Å². The van der Waals surface area contributed by atoms with Gasteiger partial charge in [0.15, 0.2) is 0 Å². The molecule has 1 aromatic rings. The first kappa shape index (κ1) is 12.3. The summed E-state index contributed by atoms with van der Waals surface area (Å²) in [5.74, 6) is 1.09. The van der Waals surface area contributed by atoms with E-state index in [2.05, 4.69) is 16.7 Å². The highest BCUT2D eigenvalue weighted by molar-refractivity contribution is 5.06. The van der Waals surface area contributed by atoms with E-state index in [0.29, 0.717) is 18.1 Å². The molecule has 1 atom stereocenters. The molecular weight excluding hydrogens is 218 g/mol. The van der Waals surface area contributed by atoms with Gasteiger partial charge in [0.1, 0.15) is 5.60 Å². The summed E-state index contributed by atoms with van der Waals surface area (Å²) in [6.45, 7) is 3.65. The van der Waals surface area contributed by atoms with E-state index >= 15 is 0 Å². The minimum absolute atomic E-state index is 0.274. The molecule has 0 radical (unpaired) electrons. The lowest BCUT2D eigenvalue weighted by atomic mass is 10.0. The lowest BCUT2D eigenvalue weighted by Crippen LogP contribution is -2.26. The maximum Gasteiger partial charge on any atom is 0.243 e. The van der Waals surface area contributed by atoms with Crippen molar-refractivity contribution < 1.29 is 9.26 Å². The fourth-order valence-corrected chi connectivity index (χ4v) is 2.32. The van der Waals surface area contributed by atoms with Crippen molar-refractivity contribution in [1.29, 1.82) is 0 Å². The third-order valence-corrected chi connectivity index (χ3v) is 3.39. The molecule has 1 aliphatic carbocycles. The molecule has 0 amide bonds. The summed E-state index contributed by atoms with van der Waals surface area (Å²) in [6, 6.07) is -0.274. The highest BCUT2D eigenvalue weighted by atomic mass is 16.5. The van der Waals surface area contributed by atoms with Gasteiger partial charge in [-0.1, -0.05) is 11.2 Å². The molecule has 5 heteroatoms. The van der Waals surface area contributed by atoms with Crippen LogP contribution in [0.4, 0.5) is 0 Å². The van der Waals surface area contributed by atoms with Gasteiger partial charge in [-0.3, -0.25) is 0 Å². The molecule has 0 bridgehead atoms. The molecule has 2 rings (SSSR count). The topological polar surface area (TPSA) is 74.2 Å². The Balaban J connectivity index is 2.19. The molecule has 1 fully saturated rings. The number of hydrogen-bond donors (Lipinski definition) is 1. The minimum atomic E-state index is -0.365. The van der Waals surface area contributed by atoms with Crippen LogP contribution in [0.5, 0.6) is 0 Å². The second-order valence-corrected chi connectivity index (χ2v) is 4.49. The predicted molar refractivity (Wildman–Crippen MR) is 63.2 cm³/mol. The molecule has 1 unspecified atom stereocenters. The molecule has 5 nitrogen and oxygen atoms in total. The number of hydrogen-bond acceptors (Lipinski definition) is 5. The fraction of sp³-hybridized carbons (Fsp3) is 0.667. The average Bonchev–Trinajstić information content (AvgIpc) is 2.99. The van der Waals surface area contributed by atoms with Gasteiger partial charge in [0, 0.05) is 7.11 Å². The van der Waals surface area contributed by atoms with E-state index in [9.17, 15) is 0 Å². The lowest BCUT2D eigenvalue weighted by molar-refractivity contribution is -0.0178. The summed E-state index contributed by atoms with van der Waals surface area (Å²) >= 11 is 0. The van der Waals surface area contributed by atoms with E-state index in [1.54, 1.807) is 13.2 Å². The third kappa shape index (κ3) is 2.25. The molecule has 17 heavy (non-hydrogen) atoms. The van der Waals surface area contributed by atoms with Crippen LogP contribution in [0.25, 0.3) is 0 Å². The third-order valence-electron chi connectivity index (χ3n) is 3.39. The molecule has 0 aliphatic heterocycles. The van der Waals surface area contributed by atoms with Crippen LogP contribution in [0.1, 0.15) is 49.9 Å². The van der Waals surface area contributed by atoms with E-state index in [1.165, 1.54) is 0 Å². The van der Waals surface area contributed by atoms with Gasteiger partial charge in [-0.2, -0.15) is 4.98 Å². The number of aromatic nitrogens is 2. The first-order valence-corrected chi connectivity index (χ1v) is 5.97. The van der Waals surface area contributed by atoms with Crippen LogP contribution in [0.15, 0.2) is 17.2 Å². The first-order chi connectivity index (χ1) is 8.22. The van der Waals surface area contributed by atoms with Gasteiger partial charge in [-0.05, 0) is 32.1 Å². The maximum absolute atomic E-state index is 5.89. The Hall–Kier alpha value is -1.20. The zero-order valence-electron chi connectivity index (χ0n) is 10.2. The smallest absolute Gasteiger partial charge is 0.243 e. The Bertz CT molecular complexity index is 383. The Morgan fingerprint density at radius 2 is 2.29 bits per heavy atom. The van der Waals surface area contributed by atoms with Crippen molar-refractivity contribution >= 4 is 0 Å². The Labute approximate surface area is 101 Å². The number of nitrogens with two attached hydrogens (primary N) is 1. The monoisotopic (exact) mass is 237 g/mol. The number of rotatable bonds is 5. The maximum atomic E-state index is 5.89. The molecular formula is C12H19N3O2. The fourth-order valence-electron chi connectivity index (χ4n) is 2.32. The second-order valence-electron chi connectivity index (χ2n) is 4.49. The SMILES string of the molecule is C=CCC(N)c1nc(C2(OC)CCCC2)no1. The van der Waals surface area contributed by atoms with E-state index < -0.39 is 0 Å². The molecule has 1 saturated carbocycles. The van der Waals surface area contributed by atoms with Gasteiger partial charge in [0.05, 0.1) is 6.04 Å². The van der Waals surface area contributed by atoms with E-state index in [-0.39, 0.29) is 11.6 Å². The summed E-state index contributed by atoms with van der Waals surface area (Å²) in [6.07, 6.45) is 6.53. The Morgan fingerprint density at radius 1 is 1.59 bits per heavy atom. The molecule has 94 valence electrons. The highest BCUT2D eigenvalue weighted by Gasteiger charge is 2.40. The van der Waals surface area contributed by atoms with Crippen molar-refractivity contribution in [2.45, 2.75) is 43.7 Å². The quantitative estimate of drug-likeness (QED) is 0.793. The van der Waals surface area contributed by atoms with Crippen molar-refractivity contribution in [2.75, 3.05) is 7.11 Å². The minimum Gasteiger partial charge on any atom is -0.370 e. The predicted octanol–water partition coefficient (Wildman–Crippen LogP) is 2.06. The second kappa shape index (κ2) is 4.98. The van der Waals surface area contributed by atoms with Gasteiger partial charge in [0.25, 0.3) is 0 Å². The van der Waals surface area contributed by atoms with Crippen molar-refractivity contribution in [2.24, 2.45) is 5.73 Å². The zero-order valence-corrected chi connectivity index (χ0v) is 10.2. The summed E-state index contributed by atoms with van der Waals surface area (Å²) in [5, 5.41) is 4.02. The van der Waals surface area contributed by atoms with Crippen LogP contribution in [0.2, 0.25) is 0 Å². The van der Waals surface area contributed by atoms with Crippen LogP contribution in [-0.2, 0) is 10.3 Å². The summed E-state index contributed by atoms with van der Waals surface area (Å²) < 4.78 is 10.8. The standard InChI is InChI=1S/C12H19N3O2/c1-3-6-9(13)10-14-11(15-17-10)12(16-2)7-4-5-8-12/h3,9H,1,4-8,13H2,2H3. The molecule has 0 spiro atoms. The normalized spacial score (nSPS) is 20.4. The molecule has 0 aromatic carbocycles. The average molecular weight is 237 g/mol. The Morgan fingerprint density at radius 3 is 2.88 bits per heavy atom. The Kier molecular flexibility index (Phi) is 3.59. The summed E-state index contributed by atoms with van der Waals surface area (Å²) in [4.78, 5) is 4.38. The van der Waals surface area contributed by atoms with Gasteiger partial charge in [-0.25, -0.2) is 0 Å². The van der Waals surface area contributed by atoms with Crippen LogP contribution in [0, 0.1) is 0 Å². The zero-order chi connectivity index (χ0) is 12.3. The van der Waals surface area contributed by atoms with Crippen LogP contribution in [-0.4, -0.2) is 17.3 Å². The summed E-state index contributed by atoms with van der Waals surface area (Å²) in [5.41, 5.74) is 5.53. The molecule has 0 saturated heterocycles. The van der Waals surface area contributed by atoms with Crippen molar-refractivity contribution in [3.05, 3.63) is 24.4 Å². The highest BCUT2D eigenvalue weighted by Crippen LogP contribution is 2.40. The van der Waals surface area contributed by atoms with Crippen molar-refractivity contribution in [1.82, 2.24) is 10.1 Å². The lowest BCUT2D eigenvalue weighted by Gasteiger charge is -2.22. The van der Waals surface area contributed by atoms with Gasteiger partial charge in [0.2, 0.25) is 11.7 Å². The van der Waals surface area contributed by atoms with E-state index in [0.717, 1.165) is 25.7 Å². The van der Waals surface area contributed by atoms with Gasteiger partial charge < -0.3 is 15.0 Å². The number of methoxy groups -OCH3 is 1. The molecule has 1 heterocycles. The molecule has 1 aliphatic rings. The molecule has 2 N–H and O–H groups in total. The van der Waals surface area contributed by atoms with Crippen molar-refractivity contribution in [3.63, 3.8) is 0 Å². The van der Waals surface area contributed by atoms with Crippen LogP contribution >= 0.6 is 0 Å². The van der Waals surface area contributed by atoms with Gasteiger partial charge in [-0.15, -0.1) is 6.58 Å². The van der Waals surface area contributed by atoms with Crippen LogP contribution < -0.4 is 5.73 Å². The molecule has 1 aromatic heterocycles. The van der Waals surface area contributed by atoms with Crippen LogP contribution in [0.3, 0.4) is 0 Å². The van der Waals surface area contributed by atoms with E-state index in [4.69, 9.17) is 15.0 Å². The summed E-state index contributed by atoms with van der Waals surface area (Å²) in [7, 11) is 1.70. The number of nitrogens with zero attached hydrogens (tertiary/aromatic N) is 2. The number of ether oxygens (including phenoxy) is 1. The first-order valence-electron chi connectivity index (χ1n) is 5.97. The largest absolute Gasteiger partial charge is 0.370 e.